The second kappa shape index (κ2) is 8.22. The van der Waals surface area contributed by atoms with Crippen molar-refractivity contribution in [3.8, 4) is 0 Å². The Bertz CT molecular complexity index is 969. The molecule has 0 aliphatic carbocycles. The highest BCUT2D eigenvalue weighted by atomic mass is 32.2. The van der Waals surface area contributed by atoms with Gasteiger partial charge in [0.15, 0.2) is 10.8 Å². The number of thioether (sulfide) groups is 1. The van der Waals surface area contributed by atoms with E-state index in [2.05, 4.69) is 22.4 Å². The van der Waals surface area contributed by atoms with E-state index in [9.17, 15) is 18.0 Å². The summed E-state index contributed by atoms with van der Waals surface area (Å²) in [6.45, 7) is 3.95. The average Bonchev–Trinajstić information content (AvgIpc) is 3.08. The highest BCUT2D eigenvalue weighted by Gasteiger charge is 2.31. The molecule has 0 fully saturated rings. The first kappa shape index (κ1) is 20.2. The van der Waals surface area contributed by atoms with Gasteiger partial charge in [-0.25, -0.2) is 0 Å². The molecule has 1 aromatic carbocycles. The molecule has 1 amide bonds. The number of benzene rings is 1. The van der Waals surface area contributed by atoms with Crippen LogP contribution in [0.1, 0.15) is 36.6 Å². The Morgan fingerprint density at radius 3 is 2.54 bits per heavy atom. The van der Waals surface area contributed by atoms with E-state index >= 15 is 0 Å². The van der Waals surface area contributed by atoms with Gasteiger partial charge >= 0.3 is 6.18 Å². The van der Waals surface area contributed by atoms with Crippen LogP contribution in [0.15, 0.2) is 47.8 Å². The topological polar surface area (TPSA) is 59.3 Å². The van der Waals surface area contributed by atoms with E-state index in [1.807, 2.05) is 31.2 Å². The summed E-state index contributed by atoms with van der Waals surface area (Å²) < 4.78 is 39.9. The summed E-state index contributed by atoms with van der Waals surface area (Å²) in [7, 11) is 0. The van der Waals surface area contributed by atoms with Gasteiger partial charge in [-0.3, -0.25) is 9.20 Å². The molecule has 148 valence electrons. The van der Waals surface area contributed by atoms with Crippen molar-refractivity contribution in [3.63, 3.8) is 0 Å². The van der Waals surface area contributed by atoms with Crippen LogP contribution in [0.2, 0.25) is 0 Å². The minimum absolute atomic E-state index is 0.0222. The molecule has 1 atom stereocenters. The van der Waals surface area contributed by atoms with Crippen molar-refractivity contribution in [2.75, 3.05) is 5.75 Å². The van der Waals surface area contributed by atoms with Gasteiger partial charge in [-0.05, 0) is 36.6 Å². The fraction of sp³-hybridized carbons (Fsp3) is 0.316. The van der Waals surface area contributed by atoms with Crippen LogP contribution in [-0.2, 0) is 17.4 Å². The van der Waals surface area contributed by atoms with Crippen LogP contribution in [0.25, 0.3) is 5.65 Å². The first-order valence-corrected chi connectivity index (χ1v) is 9.69. The Labute approximate surface area is 164 Å². The lowest BCUT2D eigenvalue weighted by Gasteiger charge is -2.14. The zero-order valence-corrected chi connectivity index (χ0v) is 16.1. The Hall–Kier alpha value is -2.55. The molecule has 0 saturated carbocycles. The Balaban J connectivity index is 1.63. The number of aryl methyl sites for hydroxylation is 1. The molecule has 0 bridgehead atoms. The third-order valence-electron chi connectivity index (χ3n) is 4.30. The quantitative estimate of drug-likeness (QED) is 0.619. The van der Waals surface area contributed by atoms with Crippen LogP contribution in [0.5, 0.6) is 0 Å². The molecule has 0 spiro atoms. The molecule has 0 aliphatic heterocycles. The maximum atomic E-state index is 12.9. The van der Waals surface area contributed by atoms with Crippen molar-refractivity contribution in [1.29, 1.82) is 0 Å². The maximum absolute atomic E-state index is 12.9. The molecule has 28 heavy (non-hydrogen) atoms. The largest absolute Gasteiger partial charge is 0.417 e. The van der Waals surface area contributed by atoms with Crippen LogP contribution in [0.4, 0.5) is 13.2 Å². The SMILES string of the molecule is CCc1ccc(C(C)NC(=O)CSc2nnc3ccc(C(F)(F)F)cn23)cc1. The van der Waals surface area contributed by atoms with Gasteiger partial charge in [0, 0.05) is 6.20 Å². The molecule has 1 N–H and O–H groups in total. The van der Waals surface area contributed by atoms with Gasteiger partial charge in [0.25, 0.3) is 0 Å². The number of pyridine rings is 1. The predicted molar refractivity (Wildman–Crippen MR) is 101 cm³/mol. The van der Waals surface area contributed by atoms with Crippen molar-refractivity contribution in [3.05, 3.63) is 59.3 Å². The van der Waals surface area contributed by atoms with Crippen molar-refractivity contribution in [2.45, 2.75) is 37.6 Å². The van der Waals surface area contributed by atoms with E-state index < -0.39 is 11.7 Å². The monoisotopic (exact) mass is 408 g/mol. The van der Waals surface area contributed by atoms with E-state index in [-0.39, 0.29) is 22.9 Å². The minimum atomic E-state index is -4.46. The molecule has 1 unspecified atom stereocenters. The average molecular weight is 408 g/mol. The smallest absolute Gasteiger partial charge is 0.349 e. The number of rotatable bonds is 6. The number of hydrogen-bond donors (Lipinski definition) is 1. The van der Waals surface area contributed by atoms with Gasteiger partial charge in [-0.2, -0.15) is 13.2 Å². The van der Waals surface area contributed by atoms with Gasteiger partial charge in [0.1, 0.15) is 0 Å². The van der Waals surface area contributed by atoms with Crippen molar-refractivity contribution in [2.24, 2.45) is 0 Å². The summed E-state index contributed by atoms with van der Waals surface area (Å²) in [5.74, 6) is -0.213. The molecule has 3 rings (SSSR count). The minimum Gasteiger partial charge on any atom is -0.349 e. The zero-order chi connectivity index (χ0) is 20.3. The number of aromatic nitrogens is 3. The third-order valence-corrected chi connectivity index (χ3v) is 5.24. The summed E-state index contributed by atoms with van der Waals surface area (Å²) in [6.07, 6.45) is -2.58. The first-order valence-electron chi connectivity index (χ1n) is 8.71. The highest BCUT2D eigenvalue weighted by molar-refractivity contribution is 7.99. The van der Waals surface area contributed by atoms with E-state index in [4.69, 9.17) is 0 Å². The summed E-state index contributed by atoms with van der Waals surface area (Å²) in [5, 5.41) is 10.8. The van der Waals surface area contributed by atoms with E-state index in [0.717, 1.165) is 36.0 Å². The van der Waals surface area contributed by atoms with E-state index in [0.29, 0.717) is 5.65 Å². The van der Waals surface area contributed by atoms with Gasteiger partial charge in [-0.1, -0.05) is 43.0 Å². The Morgan fingerprint density at radius 1 is 1.18 bits per heavy atom. The molecule has 0 radical (unpaired) electrons. The van der Waals surface area contributed by atoms with Crippen molar-refractivity contribution in [1.82, 2.24) is 19.9 Å². The number of fused-ring (bicyclic) bond motifs is 1. The predicted octanol–water partition coefficient (Wildman–Crippen LogP) is 4.28. The van der Waals surface area contributed by atoms with Gasteiger partial charge in [0.05, 0.1) is 17.4 Å². The Morgan fingerprint density at radius 2 is 1.89 bits per heavy atom. The molecule has 5 nitrogen and oxygen atoms in total. The lowest BCUT2D eigenvalue weighted by molar-refractivity contribution is -0.137. The lowest BCUT2D eigenvalue weighted by atomic mass is 10.1. The number of nitrogens with one attached hydrogen (secondary N) is 1. The molecule has 0 saturated heterocycles. The summed E-state index contributed by atoms with van der Waals surface area (Å²) >= 11 is 1.04. The third kappa shape index (κ3) is 4.64. The zero-order valence-electron chi connectivity index (χ0n) is 15.3. The van der Waals surface area contributed by atoms with Gasteiger partial charge in [-0.15, -0.1) is 10.2 Å². The van der Waals surface area contributed by atoms with Crippen LogP contribution >= 0.6 is 11.8 Å². The van der Waals surface area contributed by atoms with E-state index in [1.165, 1.54) is 16.0 Å². The number of halogens is 3. The molecule has 2 aromatic heterocycles. The molecular formula is C19H19F3N4OS. The van der Waals surface area contributed by atoms with Gasteiger partial charge in [0.2, 0.25) is 5.91 Å². The summed E-state index contributed by atoms with van der Waals surface area (Å²) in [5.41, 5.74) is 1.70. The molecule has 9 heteroatoms. The number of carbonyl (C=O) groups excluding carboxylic acids is 1. The van der Waals surface area contributed by atoms with Crippen LogP contribution < -0.4 is 5.32 Å². The molecule has 2 heterocycles. The number of amides is 1. The summed E-state index contributed by atoms with van der Waals surface area (Å²) in [6, 6.07) is 10.0. The van der Waals surface area contributed by atoms with Crippen LogP contribution in [-0.4, -0.2) is 26.3 Å². The standard InChI is InChI=1S/C19H19F3N4OS/c1-3-13-4-6-14(7-5-13)12(2)23-17(27)11-28-18-25-24-16-9-8-15(10-26(16)18)19(20,21)22/h4-10,12H,3,11H2,1-2H3,(H,23,27). The molecular weight excluding hydrogens is 389 g/mol. The fourth-order valence-corrected chi connectivity index (χ4v) is 3.40. The first-order chi connectivity index (χ1) is 13.3. The summed E-state index contributed by atoms with van der Waals surface area (Å²) in [4.78, 5) is 12.2. The molecule has 3 aromatic rings. The lowest BCUT2D eigenvalue weighted by Crippen LogP contribution is -2.28. The van der Waals surface area contributed by atoms with Crippen molar-refractivity contribution >= 4 is 23.3 Å². The van der Waals surface area contributed by atoms with Crippen LogP contribution in [0, 0.1) is 0 Å². The second-order valence-electron chi connectivity index (χ2n) is 6.30. The normalized spacial score (nSPS) is 12.9. The number of carbonyl (C=O) groups is 1. The van der Waals surface area contributed by atoms with Gasteiger partial charge < -0.3 is 5.32 Å². The Kier molecular flexibility index (Phi) is 5.93. The van der Waals surface area contributed by atoms with Crippen LogP contribution in [0.3, 0.4) is 0 Å². The number of hydrogen-bond acceptors (Lipinski definition) is 4. The number of alkyl halides is 3. The highest BCUT2D eigenvalue weighted by Crippen LogP contribution is 2.30. The van der Waals surface area contributed by atoms with Crippen molar-refractivity contribution < 1.29 is 18.0 Å². The second-order valence-corrected chi connectivity index (χ2v) is 7.24. The molecule has 0 aliphatic rings. The number of nitrogens with zero attached hydrogens (tertiary/aromatic N) is 3. The fourth-order valence-electron chi connectivity index (χ4n) is 2.67. The van der Waals surface area contributed by atoms with E-state index in [1.54, 1.807) is 0 Å². The maximum Gasteiger partial charge on any atom is 0.417 e.